The van der Waals surface area contributed by atoms with Gasteiger partial charge in [-0.1, -0.05) is 61.9 Å². The van der Waals surface area contributed by atoms with Gasteiger partial charge in [0.05, 0.1) is 5.56 Å². The van der Waals surface area contributed by atoms with Crippen molar-refractivity contribution >= 4 is 34.1 Å². The van der Waals surface area contributed by atoms with Gasteiger partial charge in [0.2, 0.25) is 11.0 Å². The lowest BCUT2D eigenvalue weighted by Crippen LogP contribution is -2.49. The van der Waals surface area contributed by atoms with Crippen LogP contribution in [0, 0.1) is 5.92 Å². The van der Waals surface area contributed by atoms with Gasteiger partial charge in [-0.3, -0.25) is 10.1 Å². The van der Waals surface area contributed by atoms with E-state index in [9.17, 15) is 22.8 Å². The van der Waals surface area contributed by atoms with Crippen LogP contribution in [0.4, 0.5) is 28.8 Å². The monoisotopic (exact) mass is 477 g/mol. The van der Waals surface area contributed by atoms with Gasteiger partial charge < -0.3 is 10.6 Å². The number of amides is 3. The van der Waals surface area contributed by atoms with Crippen LogP contribution in [-0.2, 0) is 11.0 Å². The van der Waals surface area contributed by atoms with E-state index in [2.05, 4.69) is 26.1 Å². The Morgan fingerprint density at radius 2 is 1.67 bits per heavy atom. The van der Waals surface area contributed by atoms with Gasteiger partial charge in [0.25, 0.3) is 0 Å². The molecule has 0 saturated heterocycles. The van der Waals surface area contributed by atoms with Gasteiger partial charge in [0.15, 0.2) is 0 Å². The predicted molar refractivity (Wildman–Crippen MR) is 121 cm³/mol. The normalized spacial score (nSPS) is 13.1. The number of aromatic nitrogens is 2. The molecule has 0 spiro atoms. The van der Waals surface area contributed by atoms with Crippen LogP contribution in [0.15, 0.2) is 54.6 Å². The van der Waals surface area contributed by atoms with Gasteiger partial charge in [-0.2, -0.15) is 13.2 Å². The van der Waals surface area contributed by atoms with E-state index in [1.807, 2.05) is 37.3 Å². The first-order valence-corrected chi connectivity index (χ1v) is 10.9. The third kappa shape index (κ3) is 6.51. The molecule has 0 saturated carbocycles. The summed E-state index contributed by atoms with van der Waals surface area (Å²) in [7, 11) is 0. The van der Waals surface area contributed by atoms with E-state index < -0.39 is 29.7 Å². The third-order valence-corrected chi connectivity index (χ3v) is 5.82. The molecule has 3 aromatic rings. The maximum absolute atomic E-state index is 12.9. The number of benzene rings is 2. The lowest BCUT2D eigenvalue weighted by Gasteiger charge is -2.23. The van der Waals surface area contributed by atoms with Gasteiger partial charge in [-0.25, -0.2) is 4.79 Å². The van der Waals surface area contributed by atoms with Crippen molar-refractivity contribution in [3.8, 4) is 10.6 Å². The Labute approximate surface area is 192 Å². The molecule has 3 rings (SSSR count). The zero-order valence-corrected chi connectivity index (χ0v) is 18.6. The van der Waals surface area contributed by atoms with Crippen molar-refractivity contribution in [2.75, 3.05) is 10.6 Å². The first kappa shape index (κ1) is 24.2. The quantitative estimate of drug-likeness (QED) is 0.425. The minimum Gasteiger partial charge on any atom is -0.326 e. The second kappa shape index (κ2) is 10.4. The average molecular weight is 478 g/mol. The molecule has 0 unspecified atom stereocenters. The molecule has 0 aliphatic rings. The summed E-state index contributed by atoms with van der Waals surface area (Å²) < 4.78 is 38.1. The fraction of sp³-hybridized carbons (Fsp3) is 0.273. The van der Waals surface area contributed by atoms with Crippen LogP contribution in [0.1, 0.15) is 25.8 Å². The highest BCUT2D eigenvalue weighted by Gasteiger charge is 2.30. The number of nitrogens with one attached hydrogen (secondary N) is 3. The maximum atomic E-state index is 12.9. The summed E-state index contributed by atoms with van der Waals surface area (Å²) in [4.78, 5) is 25.3. The number of hydrogen-bond donors (Lipinski definition) is 3. The van der Waals surface area contributed by atoms with E-state index in [0.29, 0.717) is 11.4 Å². The number of anilines is 2. The summed E-state index contributed by atoms with van der Waals surface area (Å²) >= 11 is 1.20. The van der Waals surface area contributed by atoms with Crippen LogP contribution >= 0.6 is 11.3 Å². The van der Waals surface area contributed by atoms with Gasteiger partial charge in [-0.15, -0.1) is 10.2 Å². The average Bonchev–Trinajstić information content (AvgIpc) is 3.25. The molecule has 2 atom stereocenters. The van der Waals surface area contributed by atoms with Crippen LogP contribution in [0.3, 0.4) is 0 Å². The smallest absolute Gasteiger partial charge is 0.326 e. The number of rotatable bonds is 7. The number of nitrogens with zero attached hydrogens (tertiary/aromatic N) is 2. The van der Waals surface area contributed by atoms with Crippen LogP contribution < -0.4 is 16.0 Å². The Balaban J connectivity index is 1.65. The van der Waals surface area contributed by atoms with E-state index in [1.165, 1.54) is 11.3 Å². The number of carbonyl (C=O) groups excluding carboxylic acids is 2. The topological polar surface area (TPSA) is 96.0 Å². The molecule has 0 bridgehead atoms. The molecule has 11 heteroatoms. The van der Waals surface area contributed by atoms with E-state index in [1.54, 1.807) is 6.92 Å². The van der Waals surface area contributed by atoms with E-state index in [0.717, 1.165) is 29.8 Å². The number of urea groups is 1. The fourth-order valence-electron chi connectivity index (χ4n) is 2.91. The second-order valence-electron chi connectivity index (χ2n) is 7.30. The van der Waals surface area contributed by atoms with Gasteiger partial charge in [0.1, 0.15) is 11.0 Å². The third-order valence-electron chi connectivity index (χ3n) is 4.93. The van der Waals surface area contributed by atoms with Crippen molar-refractivity contribution in [3.05, 3.63) is 60.2 Å². The minimum absolute atomic E-state index is 0.167. The van der Waals surface area contributed by atoms with Crippen LogP contribution in [0.2, 0.25) is 0 Å². The summed E-state index contributed by atoms with van der Waals surface area (Å²) in [6.07, 6.45) is -3.87. The largest absolute Gasteiger partial charge is 0.416 e. The first-order chi connectivity index (χ1) is 15.7. The molecule has 2 aromatic carbocycles. The lowest BCUT2D eigenvalue weighted by molar-refractivity contribution is -0.137. The van der Waals surface area contributed by atoms with Crippen LogP contribution in [-0.4, -0.2) is 28.2 Å². The summed E-state index contributed by atoms with van der Waals surface area (Å²) in [6, 6.07) is 11.8. The molecule has 1 aromatic heterocycles. The fourth-order valence-corrected chi connectivity index (χ4v) is 3.66. The van der Waals surface area contributed by atoms with Crippen molar-refractivity contribution in [1.82, 2.24) is 15.5 Å². The highest BCUT2D eigenvalue weighted by Crippen LogP contribution is 2.30. The van der Waals surface area contributed by atoms with Gasteiger partial charge in [-0.05, 0) is 30.2 Å². The van der Waals surface area contributed by atoms with Crippen LogP contribution in [0.25, 0.3) is 10.6 Å². The number of halogens is 3. The summed E-state index contributed by atoms with van der Waals surface area (Å²) in [5.41, 5.74) is 0.209. The highest BCUT2D eigenvalue weighted by atomic mass is 32.1. The van der Waals surface area contributed by atoms with Crippen LogP contribution in [0.5, 0.6) is 0 Å². The Hall–Kier alpha value is -3.47. The van der Waals surface area contributed by atoms with E-state index in [4.69, 9.17) is 0 Å². The molecule has 7 nitrogen and oxygen atoms in total. The standard InChI is InChI=1S/C22H22F3N5O2S/c1-3-13(2)17(27-20(32)26-16-11-9-15(10-12-16)22(23,24)25)18(31)28-21-30-29-19(33-21)14-7-5-4-6-8-14/h4-13,17H,3H2,1-2H3,(H2,26,27,32)(H,28,30,31)/t13-,17-/m0/s1. The molecule has 0 radical (unpaired) electrons. The summed E-state index contributed by atoms with van der Waals surface area (Å²) in [5, 5.41) is 16.7. The Bertz CT molecular complexity index is 1090. The molecule has 0 aliphatic carbocycles. The molecule has 3 N–H and O–H groups in total. The van der Waals surface area contributed by atoms with Gasteiger partial charge in [0, 0.05) is 11.3 Å². The van der Waals surface area contributed by atoms with Crippen molar-refractivity contribution in [1.29, 1.82) is 0 Å². The molecule has 33 heavy (non-hydrogen) atoms. The highest BCUT2D eigenvalue weighted by molar-refractivity contribution is 7.18. The number of carbonyl (C=O) groups is 2. The number of alkyl halides is 3. The summed E-state index contributed by atoms with van der Waals surface area (Å²) in [6.45, 7) is 3.68. The van der Waals surface area contributed by atoms with Crippen molar-refractivity contribution in [2.45, 2.75) is 32.5 Å². The van der Waals surface area contributed by atoms with Gasteiger partial charge >= 0.3 is 12.2 Å². The molecule has 0 fully saturated rings. The molecular formula is C22H22F3N5O2S. The maximum Gasteiger partial charge on any atom is 0.416 e. The second-order valence-corrected chi connectivity index (χ2v) is 8.28. The Kier molecular flexibility index (Phi) is 7.64. The molecule has 174 valence electrons. The zero-order valence-electron chi connectivity index (χ0n) is 17.8. The molecule has 1 heterocycles. The minimum atomic E-state index is -4.47. The molecule has 3 amide bonds. The van der Waals surface area contributed by atoms with E-state index in [-0.39, 0.29) is 16.7 Å². The zero-order chi connectivity index (χ0) is 24.0. The SMILES string of the molecule is CC[C@H](C)[C@H](NC(=O)Nc1ccc(C(F)(F)F)cc1)C(=O)Nc1nnc(-c2ccccc2)s1. The Morgan fingerprint density at radius 3 is 2.27 bits per heavy atom. The Morgan fingerprint density at radius 1 is 1.00 bits per heavy atom. The number of hydrogen-bond acceptors (Lipinski definition) is 5. The van der Waals surface area contributed by atoms with Crippen molar-refractivity contribution in [2.24, 2.45) is 5.92 Å². The van der Waals surface area contributed by atoms with E-state index >= 15 is 0 Å². The van der Waals surface area contributed by atoms with Crippen molar-refractivity contribution < 1.29 is 22.8 Å². The molecule has 0 aliphatic heterocycles. The predicted octanol–water partition coefficient (Wildman–Crippen LogP) is 5.40. The lowest BCUT2D eigenvalue weighted by atomic mass is 9.98. The first-order valence-electron chi connectivity index (χ1n) is 10.1. The van der Waals surface area contributed by atoms with Crippen molar-refractivity contribution in [3.63, 3.8) is 0 Å². The summed E-state index contributed by atoms with van der Waals surface area (Å²) in [5.74, 6) is -0.687. The molecular weight excluding hydrogens is 455 g/mol.